The van der Waals surface area contributed by atoms with Crippen molar-refractivity contribution in [2.24, 2.45) is 10.9 Å². The molecule has 0 unspecified atom stereocenters. The Kier molecular flexibility index (Phi) is 7.12. The van der Waals surface area contributed by atoms with E-state index in [1.54, 1.807) is 0 Å². The van der Waals surface area contributed by atoms with Gasteiger partial charge in [-0.15, -0.1) is 0 Å². The Morgan fingerprint density at radius 3 is 2.32 bits per heavy atom. The molecule has 0 bridgehead atoms. The Morgan fingerprint density at radius 1 is 1.23 bits per heavy atom. The van der Waals surface area contributed by atoms with Crippen molar-refractivity contribution < 1.29 is 8.42 Å². The predicted molar refractivity (Wildman–Crippen MR) is 92.6 cm³/mol. The second-order valence-corrected chi connectivity index (χ2v) is 8.80. The van der Waals surface area contributed by atoms with Gasteiger partial charge in [-0.2, -0.15) is 0 Å². The minimum Gasteiger partial charge on any atom is -0.357 e. The highest BCUT2D eigenvalue weighted by atomic mass is 32.2. The van der Waals surface area contributed by atoms with Crippen molar-refractivity contribution in [3.63, 3.8) is 0 Å². The first-order valence-corrected chi connectivity index (χ1v) is 10.0. The van der Waals surface area contributed by atoms with E-state index in [0.717, 1.165) is 31.3 Å². The summed E-state index contributed by atoms with van der Waals surface area (Å²) in [5.41, 5.74) is -0.600. The topological polar surface area (TPSA) is 82.6 Å². The molecule has 130 valence electrons. The molecular weight excluding hydrogens is 300 g/mol. The van der Waals surface area contributed by atoms with Gasteiger partial charge in [0.2, 0.25) is 10.0 Å². The molecular formula is C15H32N4O2S. The third-order valence-corrected chi connectivity index (χ3v) is 4.72. The average Bonchev–Trinajstić information content (AvgIpc) is 2.36. The molecule has 0 heterocycles. The summed E-state index contributed by atoms with van der Waals surface area (Å²) in [6.07, 6.45) is 5.99. The van der Waals surface area contributed by atoms with Crippen LogP contribution in [0.25, 0.3) is 0 Å². The lowest BCUT2D eigenvalue weighted by Gasteiger charge is -2.29. The molecule has 22 heavy (non-hydrogen) atoms. The van der Waals surface area contributed by atoms with Crippen molar-refractivity contribution in [3.8, 4) is 0 Å². The van der Waals surface area contributed by atoms with Crippen LogP contribution in [0.4, 0.5) is 0 Å². The van der Waals surface area contributed by atoms with Crippen LogP contribution in [-0.4, -0.2) is 45.3 Å². The Hall–Kier alpha value is -0.820. The highest BCUT2D eigenvalue weighted by Gasteiger charge is 2.23. The van der Waals surface area contributed by atoms with Crippen LogP contribution in [-0.2, 0) is 10.0 Å². The van der Waals surface area contributed by atoms with Crippen LogP contribution in [0.15, 0.2) is 4.99 Å². The zero-order valence-electron chi connectivity index (χ0n) is 14.6. The molecule has 0 aromatic carbocycles. The van der Waals surface area contributed by atoms with Crippen LogP contribution >= 0.6 is 0 Å². The van der Waals surface area contributed by atoms with Crippen LogP contribution < -0.4 is 15.4 Å². The number of hydrogen-bond acceptors (Lipinski definition) is 3. The van der Waals surface area contributed by atoms with E-state index in [0.29, 0.717) is 12.6 Å². The van der Waals surface area contributed by atoms with Crippen LogP contribution in [0.3, 0.4) is 0 Å². The SMILES string of the molecule is CCNC(=NCC(C)(C)NS(C)(=O)=O)NC1CCC(C)CC1. The average molecular weight is 333 g/mol. The van der Waals surface area contributed by atoms with Crippen molar-refractivity contribution in [1.29, 1.82) is 0 Å². The highest BCUT2D eigenvalue weighted by molar-refractivity contribution is 7.88. The fourth-order valence-electron chi connectivity index (χ4n) is 2.73. The van der Waals surface area contributed by atoms with E-state index in [4.69, 9.17) is 0 Å². The Balaban J connectivity index is 2.61. The van der Waals surface area contributed by atoms with Crippen LogP contribution in [0.5, 0.6) is 0 Å². The molecule has 1 aliphatic rings. The van der Waals surface area contributed by atoms with Gasteiger partial charge in [0.15, 0.2) is 5.96 Å². The second kappa shape index (κ2) is 8.15. The maximum absolute atomic E-state index is 11.4. The molecule has 1 saturated carbocycles. The summed E-state index contributed by atoms with van der Waals surface area (Å²) >= 11 is 0. The molecule has 0 aliphatic heterocycles. The first-order chi connectivity index (χ1) is 10.1. The molecule has 7 heteroatoms. The first kappa shape index (κ1) is 19.2. The van der Waals surface area contributed by atoms with Gasteiger partial charge in [-0.25, -0.2) is 13.1 Å². The fraction of sp³-hybridized carbons (Fsp3) is 0.933. The maximum Gasteiger partial charge on any atom is 0.209 e. The molecule has 0 radical (unpaired) electrons. The Morgan fingerprint density at radius 2 is 1.82 bits per heavy atom. The van der Waals surface area contributed by atoms with E-state index >= 15 is 0 Å². The predicted octanol–water partition coefficient (Wildman–Crippen LogP) is 1.45. The van der Waals surface area contributed by atoms with Gasteiger partial charge in [-0.3, -0.25) is 4.99 Å². The molecule has 0 spiro atoms. The zero-order chi connectivity index (χ0) is 16.8. The highest BCUT2D eigenvalue weighted by Crippen LogP contribution is 2.23. The third-order valence-electron chi connectivity index (χ3n) is 3.80. The molecule has 0 saturated heterocycles. The number of rotatable bonds is 6. The van der Waals surface area contributed by atoms with Gasteiger partial charge < -0.3 is 10.6 Å². The number of nitrogens with zero attached hydrogens (tertiary/aromatic N) is 1. The normalized spacial score (nSPS) is 24.1. The maximum atomic E-state index is 11.4. The lowest BCUT2D eigenvalue weighted by Crippen LogP contribution is -2.48. The van der Waals surface area contributed by atoms with E-state index in [-0.39, 0.29) is 0 Å². The monoisotopic (exact) mass is 332 g/mol. The van der Waals surface area contributed by atoms with Gasteiger partial charge in [-0.1, -0.05) is 6.92 Å². The third kappa shape index (κ3) is 7.98. The number of hydrogen-bond donors (Lipinski definition) is 3. The largest absolute Gasteiger partial charge is 0.357 e. The summed E-state index contributed by atoms with van der Waals surface area (Å²) in [4.78, 5) is 4.55. The quantitative estimate of drug-likeness (QED) is 0.508. The van der Waals surface area contributed by atoms with Crippen molar-refractivity contribution in [2.45, 2.75) is 65.0 Å². The molecule has 0 amide bonds. The van der Waals surface area contributed by atoms with Gasteiger partial charge in [-0.05, 0) is 52.4 Å². The lowest BCUT2D eigenvalue weighted by atomic mass is 9.87. The zero-order valence-corrected chi connectivity index (χ0v) is 15.4. The minimum absolute atomic E-state index is 0.387. The molecule has 1 aliphatic carbocycles. The van der Waals surface area contributed by atoms with E-state index in [1.165, 1.54) is 19.1 Å². The summed E-state index contributed by atoms with van der Waals surface area (Å²) in [5, 5.41) is 6.71. The van der Waals surface area contributed by atoms with E-state index < -0.39 is 15.6 Å². The standard InChI is InChI=1S/C15H32N4O2S/c1-6-16-14(18-13-9-7-12(2)8-10-13)17-11-15(3,4)19-22(5,20)21/h12-13,19H,6-11H2,1-5H3,(H2,16,17,18). The molecule has 0 aromatic rings. The van der Waals surface area contributed by atoms with Gasteiger partial charge in [0.05, 0.1) is 12.8 Å². The van der Waals surface area contributed by atoms with Crippen molar-refractivity contribution in [3.05, 3.63) is 0 Å². The molecule has 0 aromatic heterocycles. The van der Waals surface area contributed by atoms with Gasteiger partial charge in [0.1, 0.15) is 0 Å². The summed E-state index contributed by atoms with van der Waals surface area (Å²) in [7, 11) is -3.24. The van der Waals surface area contributed by atoms with Crippen LogP contribution in [0.2, 0.25) is 0 Å². The molecule has 0 atom stereocenters. The smallest absolute Gasteiger partial charge is 0.209 e. The second-order valence-electron chi connectivity index (χ2n) is 7.05. The summed E-state index contributed by atoms with van der Waals surface area (Å²) in [6, 6.07) is 0.458. The first-order valence-electron chi connectivity index (χ1n) is 8.15. The van der Waals surface area contributed by atoms with E-state index in [9.17, 15) is 8.42 Å². The lowest BCUT2D eigenvalue weighted by molar-refractivity contribution is 0.329. The Labute approximate surface area is 135 Å². The van der Waals surface area contributed by atoms with E-state index in [1.807, 2.05) is 20.8 Å². The van der Waals surface area contributed by atoms with E-state index in [2.05, 4.69) is 27.3 Å². The van der Waals surface area contributed by atoms with Crippen LogP contribution in [0.1, 0.15) is 53.4 Å². The fourth-order valence-corrected chi connectivity index (χ4v) is 3.80. The van der Waals surface area contributed by atoms with Gasteiger partial charge in [0.25, 0.3) is 0 Å². The molecule has 6 nitrogen and oxygen atoms in total. The molecule has 3 N–H and O–H groups in total. The van der Waals surface area contributed by atoms with Gasteiger partial charge in [0, 0.05) is 18.1 Å². The van der Waals surface area contributed by atoms with Gasteiger partial charge >= 0.3 is 0 Å². The summed E-state index contributed by atoms with van der Waals surface area (Å²) in [6.45, 7) is 9.18. The summed E-state index contributed by atoms with van der Waals surface area (Å²) < 4.78 is 25.4. The number of aliphatic imine (C=N–C) groups is 1. The number of sulfonamides is 1. The van der Waals surface area contributed by atoms with Crippen molar-refractivity contribution in [1.82, 2.24) is 15.4 Å². The van der Waals surface area contributed by atoms with Crippen molar-refractivity contribution in [2.75, 3.05) is 19.3 Å². The van der Waals surface area contributed by atoms with Crippen LogP contribution in [0, 0.1) is 5.92 Å². The summed E-state index contributed by atoms with van der Waals surface area (Å²) in [5.74, 6) is 1.58. The number of nitrogens with one attached hydrogen (secondary N) is 3. The van der Waals surface area contributed by atoms with Crippen molar-refractivity contribution >= 4 is 16.0 Å². The number of guanidine groups is 1. The minimum atomic E-state index is -3.24. The molecule has 1 fully saturated rings. The molecule has 1 rings (SSSR count). The Bertz CT molecular complexity index is 466.